The summed E-state index contributed by atoms with van der Waals surface area (Å²) in [6.45, 7) is 1.37. The van der Waals surface area contributed by atoms with Crippen molar-refractivity contribution in [1.29, 1.82) is 0 Å². The topological polar surface area (TPSA) is 74.2 Å². The lowest BCUT2D eigenvalue weighted by Crippen LogP contribution is -2.42. The molecule has 0 radical (unpaired) electrons. The molecule has 5 heteroatoms. The highest BCUT2D eigenvalue weighted by atomic mass is 16.5. The molecule has 2 saturated carbocycles. The van der Waals surface area contributed by atoms with Gasteiger partial charge in [-0.3, -0.25) is 0 Å². The maximum atomic E-state index is 6.39. The first kappa shape index (κ1) is 11.9. The van der Waals surface area contributed by atoms with E-state index in [1.807, 2.05) is 0 Å². The van der Waals surface area contributed by atoms with E-state index < -0.39 is 5.54 Å². The number of aromatic nitrogens is 2. The van der Waals surface area contributed by atoms with Crippen LogP contribution in [-0.2, 0) is 10.3 Å². The van der Waals surface area contributed by atoms with Crippen molar-refractivity contribution in [2.24, 2.45) is 17.6 Å². The lowest BCUT2D eigenvalue weighted by Gasteiger charge is -2.29. The summed E-state index contributed by atoms with van der Waals surface area (Å²) in [5.41, 5.74) is 5.92. The Labute approximate surface area is 112 Å². The minimum absolute atomic E-state index is 0.471. The summed E-state index contributed by atoms with van der Waals surface area (Å²) in [4.78, 5) is 4.65. The highest BCUT2D eigenvalue weighted by molar-refractivity contribution is 5.10. The van der Waals surface area contributed by atoms with Gasteiger partial charge in [-0.15, -0.1) is 0 Å². The molecule has 3 aliphatic rings. The van der Waals surface area contributed by atoms with Crippen molar-refractivity contribution < 1.29 is 9.26 Å². The molecule has 3 atom stereocenters. The van der Waals surface area contributed by atoms with Crippen LogP contribution in [0.25, 0.3) is 0 Å². The second-order valence-corrected chi connectivity index (χ2v) is 6.51. The summed E-state index contributed by atoms with van der Waals surface area (Å²) in [6, 6.07) is 0. The van der Waals surface area contributed by atoms with E-state index >= 15 is 0 Å². The molecule has 0 aromatic carbocycles. The molecule has 4 rings (SSSR count). The van der Waals surface area contributed by atoms with Crippen molar-refractivity contribution in [3.05, 3.63) is 11.7 Å². The fraction of sp³-hybridized carbons (Fsp3) is 0.857. The molecule has 2 aliphatic carbocycles. The second kappa shape index (κ2) is 4.28. The number of rotatable bonds is 2. The first-order valence-electron chi connectivity index (χ1n) is 7.45. The SMILES string of the molecule is NC1(c2nc(C3CC4CCC3C4)no2)CCOCC1. The van der Waals surface area contributed by atoms with Crippen molar-refractivity contribution in [3.8, 4) is 0 Å². The molecule has 2 N–H and O–H groups in total. The van der Waals surface area contributed by atoms with Gasteiger partial charge in [0, 0.05) is 19.1 Å². The molecule has 19 heavy (non-hydrogen) atoms. The quantitative estimate of drug-likeness (QED) is 0.882. The lowest BCUT2D eigenvalue weighted by atomic mass is 9.88. The number of fused-ring (bicyclic) bond motifs is 2. The first-order valence-corrected chi connectivity index (χ1v) is 7.45. The van der Waals surface area contributed by atoms with Gasteiger partial charge in [-0.25, -0.2) is 0 Å². The molecule has 2 heterocycles. The molecule has 3 fully saturated rings. The van der Waals surface area contributed by atoms with Crippen molar-refractivity contribution >= 4 is 0 Å². The Morgan fingerprint density at radius 1 is 1.16 bits per heavy atom. The van der Waals surface area contributed by atoms with Crippen LogP contribution in [0.1, 0.15) is 56.2 Å². The van der Waals surface area contributed by atoms with Crippen molar-refractivity contribution in [1.82, 2.24) is 10.1 Å². The molecule has 1 aromatic rings. The molecule has 1 aliphatic heterocycles. The maximum absolute atomic E-state index is 6.39. The zero-order valence-electron chi connectivity index (χ0n) is 11.2. The monoisotopic (exact) mass is 263 g/mol. The number of nitrogens with two attached hydrogens (primary N) is 1. The molecular formula is C14H21N3O2. The molecule has 1 saturated heterocycles. The molecule has 0 amide bonds. The maximum Gasteiger partial charge on any atom is 0.246 e. The summed E-state index contributed by atoms with van der Waals surface area (Å²) in [5, 5.41) is 4.23. The van der Waals surface area contributed by atoms with Crippen LogP contribution in [0.5, 0.6) is 0 Å². The summed E-state index contributed by atoms with van der Waals surface area (Å²) in [7, 11) is 0. The third kappa shape index (κ3) is 1.91. The van der Waals surface area contributed by atoms with Gasteiger partial charge in [-0.1, -0.05) is 11.6 Å². The van der Waals surface area contributed by atoms with Gasteiger partial charge in [0.2, 0.25) is 5.89 Å². The van der Waals surface area contributed by atoms with Gasteiger partial charge < -0.3 is 15.0 Å². The molecule has 3 unspecified atom stereocenters. The van der Waals surface area contributed by atoms with Crippen molar-refractivity contribution in [2.75, 3.05) is 13.2 Å². The van der Waals surface area contributed by atoms with Crippen LogP contribution in [0.2, 0.25) is 0 Å². The predicted octanol–water partition coefficient (Wildman–Crippen LogP) is 1.94. The Morgan fingerprint density at radius 3 is 2.68 bits per heavy atom. The standard InChI is InChI=1S/C14H21N3O2/c15-14(3-5-18-6-4-14)13-16-12(17-19-13)11-8-9-1-2-10(11)7-9/h9-11H,1-8,15H2. The van der Waals surface area contributed by atoms with Gasteiger partial charge in [0.05, 0.1) is 0 Å². The first-order chi connectivity index (χ1) is 9.24. The van der Waals surface area contributed by atoms with Crippen LogP contribution in [0.4, 0.5) is 0 Å². The van der Waals surface area contributed by atoms with Gasteiger partial charge in [-0.2, -0.15) is 4.98 Å². The van der Waals surface area contributed by atoms with E-state index in [9.17, 15) is 0 Å². The minimum Gasteiger partial charge on any atom is -0.381 e. The molecule has 1 aromatic heterocycles. The third-order valence-electron chi connectivity index (χ3n) is 5.32. The lowest BCUT2D eigenvalue weighted by molar-refractivity contribution is 0.0400. The van der Waals surface area contributed by atoms with Gasteiger partial charge in [0.25, 0.3) is 0 Å². The largest absolute Gasteiger partial charge is 0.381 e. The Balaban J connectivity index is 1.56. The number of nitrogens with zero attached hydrogens (tertiary/aromatic N) is 2. The zero-order chi connectivity index (χ0) is 12.9. The molecule has 5 nitrogen and oxygen atoms in total. The van der Waals surface area contributed by atoms with Gasteiger partial charge in [-0.05, 0) is 43.9 Å². The Kier molecular flexibility index (Phi) is 2.67. The van der Waals surface area contributed by atoms with Gasteiger partial charge in [0.1, 0.15) is 5.54 Å². The van der Waals surface area contributed by atoms with E-state index in [1.54, 1.807) is 0 Å². The van der Waals surface area contributed by atoms with Crippen molar-refractivity contribution in [2.45, 2.75) is 50.0 Å². The van der Waals surface area contributed by atoms with E-state index in [1.165, 1.54) is 25.7 Å². The normalized spacial score (nSPS) is 36.8. The summed E-state index contributed by atoms with van der Waals surface area (Å²) < 4.78 is 10.8. The van der Waals surface area contributed by atoms with Crippen LogP contribution in [-0.4, -0.2) is 23.4 Å². The highest BCUT2D eigenvalue weighted by Gasteiger charge is 2.43. The van der Waals surface area contributed by atoms with Gasteiger partial charge in [0.15, 0.2) is 5.82 Å². The summed E-state index contributed by atoms with van der Waals surface area (Å²) in [6.07, 6.45) is 6.86. The third-order valence-corrected chi connectivity index (χ3v) is 5.32. The number of hydrogen-bond acceptors (Lipinski definition) is 5. The Bertz CT molecular complexity index is 467. The van der Waals surface area contributed by atoms with Crippen molar-refractivity contribution in [3.63, 3.8) is 0 Å². The highest BCUT2D eigenvalue weighted by Crippen LogP contribution is 2.52. The summed E-state index contributed by atoms with van der Waals surface area (Å²) >= 11 is 0. The number of hydrogen-bond donors (Lipinski definition) is 1. The fourth-order valence-corrected chi connectivity index (χ4v) is 4.10. The smallest absolute Gasteiger partial charge is 0.246 e. The van der Waals surface area contributed by atoms with Crippen LogP contribution >= 0.6 is 0 Å². The Morgan fingerprint density at radius 2 is 2.00 bits per heavy atom. The van der Waals surface area contributed by atoms with Gasteiger partial charge >= 0.3 is 0 Å². The summed E-state index contributed by atoms with van der Waals surface area (Å²) in [5.74, 6) is 3.71. The molecule has 0 spiro atoms. The van der Waals surface area contributed by atoms with E-state index in [4.69, 9.17) is 15.0 Å². The van der Waals surface area contributed by atoms with E-state index in [2.05, 4.69) is 10.1 Å². The van der Waals surface area contributed by atoms with E-state index in [0.29, 0.717) is 25.0 Å². The van der Waals surface area contributed by atoms with Crippen LogP contribution < -0.4 is 5.73 Å². The molecular weight excluding hydrogens is 242 g/mol. The van der Waals surface area contributed by atoms with Crippen LogP contribution in [0.15, 0.2) is 4.52 Å². The average molecular weight is 263 g/mol. The Hall–Kier alpha value is -0.940. The second-order valence-electron chi connectivity index (χ2n) is 6.51. The predicted molar refractivity (Wildman–Crippen MR) is 68.4 cm³/mol. The molecule has 104 valence electrons. The molecule has 2 bridgehead atoms. The number of ether oxygens (including phenoxy) is 1. The van der Waals surface area contributed by atoms with Crippen LogP contribution in [0.3, 0.4) is 0 Å². The minimum atomic E-state index is -0.471. The average Bonchev–Trinajstić information content (AvgIpc) is 3.15. The van der Waals surface area contributed by atoms with Crippen LogP contribution in [0, 0.1) is 11.8 Å². The zero-order valence-corrected chi connectivity index (χ0v) is 11.2. The fourth-order valence-electron chi connectivity index (χ4n) is 4.10. The van der Waals surface area contributed by atoms with E-state index in [0.717, 1.165) is 30.5 Å². The van der Waals surface area contributed by atoms with E-state index in [-0.39, 0.29) is 0 Å².